The second kappa shape index (κ2) is 6.63. The molecular weight excluding hydrogens is 350 g/mol. The van der Waals surface area contributed by atoms with E-state index in [4.69, 9.17) is 4.52 Å². The Hall–Kier alpha value is -1.15. The predicted octanol–water partition coefficient (Wildman–Crippen LogP) is 2.15. The first-order valence-electron chi connectivity index (χ1n) is 8.10. The van der Waals surface area contributed by atoms with Crippen LogP contribution in [-0.4, -0.2) is 44.1 Å². The topological polar surface area (TPSA) is 75.4 Å². The van der Waals surface area contributed by atoms with Gasteiger partial charge in [-0.25, -0.2) is 12.7 Å². The Morgan fingerprint density at radius 3 is 2.75 bits per heavy atom. The van der Waals surface area contributed by atoms with Gasteiger partial charge < -0.3 is 9.84 Å². The molecular formula is C16H22ClN3O3S. The van der Waals surface area contributed by atoms with Gasteiger partial charge >= 0.3 is 0 Å². The molecule has 0 bridgehead atoms. The summed E-state index contributed by atoms with van der Waals surface area (Å²) in [6, 6.07) is 7.38. The Kier molecular flexibility index (Phi) is 4.88. The second-order valence-electron chi connectivity index (χ2n) is 6.72. The summed E-state index contributed by atoms with van der Waals surface area (Å²) in [5, 5.41) is 8.10. The van der Waals surface area contributed by atoms with Crippen molar-refractivity contribution in [1.29, 1.82) is 0 Å². The van der Waals surface area contributed by atoms with Gasteiger partial charge in [0.15, 0.2) is 5.58 Å². The van der Waals surface area contributed by atoms with Crippen LogP contribution in [0.5, 0.6) is 0 Å². The summed E-state index contributed by atoms with van der Waals surface area (Å²) in [5.74, 6) is -0.0850. The minimum atomic E-state index is -3.36. The number of benzene rings is 1. The van der Waals surface area contributed by atoms with Crippen LogP contribution in [0.4, 0.5) is 0 Å². The van der Waals surface area contributed by atoms with Crippen molar-refractivity contribution in [2.75, 3.05) is 26.2 Å². The van der Waals surface area contributed by atoms with Gasteiger partial charge in [0.1, 0.15) is 11.4 Å². The first kappa shape index (κ1) is 17.7. The molecule has 2 aliphatic rings. The third kappa shape index (κ3) is 3.18. The van der Waals surface area contributed by atoms with Gasteiger partial charge in [0, 0.05) is 18.5 Å². The number of hydrogen-bond acceptors (Lipinski definition) is 5. The summed E-state index contributed by atoms with van der Waals surface area (Å²) in [7, 11) is -3.36. The first-order valence-corrected chi connectivity index (χ1v) is 9.71. The molecule has 2 fully saturated rings. The van der Waals surface area contributed by atoms with Gasteiger partial charge in [0.25, 0.3) is 0 Å². The fourth-order valence-electron chi connectivity index (χ4n) is 3.80. The molecule has 0 amide bonds. The molecule has 1 spiro atoms. The van der Waals surface area contributed by atoms with Crippen molar-refractivity contribution < 1.29 is 12.9 Å². The molecule has 0 radical (unpaired) electrons. The molecule has 0 unspecified atom stereocenters. The third-order valence-electron chi connectivity index (χ3n) is 5.23. The summed E-state index contributed by atoms with van der Waals surface area (Å²) in [4.78, 5) is 0. The van der Waals surface area contributed by atoms with Crippen LogP contribution in [0.3, 0.4) is 0 Å². The first-order chi connectivity index (χ1) is 11.1. The predicted molar refractivity (Wildman–Crippen MR) is 94.6 cm³/mol. The molecule has 1 N–H and O–H groups in total. The Bertz CT molecular complexity index is 815. The smallest absolute Gasteiger partial charge is 0.220 e. The fraction of sp³-hybridized carbons (Fsp3) is 0.562. The molecule has 24 heavy (non-hydrogen) atoms. The molecule has 0 aliphatic carbocycles. The highest BCUT2D eigenvalue weighted by atomic mass is 35.5. The van der Waals surface area contributed by atoms with Crippen LogP contribution in [0.2, 0.25) is 0 Å². The molecule has 2 aromatic rings. The van der Waals surface area contributed by atoms with E-state index in [1.54, 1.807) is 10.4 Å². The molecule has 8 heteroatoms. The van der Waals surface area contributed by atoms with Crippen LogP contribution in [0.15, 0.2) is 28.8 Å². The normalized spacial score (nSPS) is 21.2. The Morgan fingerprint density at radius 1 is 1.21 bits per heavy atom. The average Bonchev–Trinajstić information content (AvgIpc) is 3.14. The summed E-state index contributed by atoms with van der Waals surface area (Å²) in [6.07, 6.45) is 3.09. The largest absolute Gasteiger partial charge is 0.356 e. The van der Waals surface area contributed by atoms with Crippen LogP contribution >= 0.6 is 12.4 Å². The van der Waals surface area contributed by atoms with Crippen molar-refractivity contribution in [3.63, 3.8) is 0 Å². The van der Waals surface area contributed by atoms with Crippen molar-refractivity contribution in [2.24, 2.45) is 5.41 Å². The number of piperidine rings is 1. The minimum absolute atomic E-state index is 0. The summed E-state index contributed by atoms with van der Waals surface area (Å²) < 4.78 is 32.5. The maximum absolute atomic E-state index is 12.8. The molecule has 132 valence electrons. The van der Waals surface area contributed by atoms with Gasteiger partial charge in [-0.2, -0.15) is 0 Å². The van der Waals surface area contributed by atoms with Gasteiger partial charge in [-0.1, -0.05) is 17.3 Å². The van der Waals surface area contributed by atoms with E-state index in [-0.39, 0.29) is 23.6 Å². The molecule has 0 saturated carbocycles. The Morgan fingerprint density at radius 2 is 1.96 bits per heavy atom. The zero-order valence-electron chi connectivity index (χ0n) is 13.4. The number of sulfonamides is 1. The second-order valence-corrected chi connectivity index (χ2v) is 8.68. The van der Waals surface area contributed by atoms with E-state index in [9.17, 15) is 8.42 Å². The molecule has 4 rings (SSSR count). The number of nitrogens with one attached hydrogen (secondary N) is 1. The standard InChI is InChI=1S/C16H21N3O3S.ClH/c20-23(21,11-14-13-3-1-2-4-15(13)22-18-14)19-10-7-16(12-19)5-8-17-9-6-16;/h1-4,17H,5-12H2;1H. The minimum Gasteiger partial charge on any atom is -0.356 e. The number of rotatable bonds is 3. The number of aromatic nitrogens is 1. The lowest BCUT2D eigenvalue weighted by molar-refractivity contribution is 0.218. The lowest BCUT2D eigenvalue weighted by Crippen LogP contribution is -2.40. The number of para-hydroxylation sites is 1. The van der Waals surface area contributed by atoms with Crippen molar-refractivity contribution in [3.8, 4) is 0 Å². The van der Waals surface area contributed by atoms with E-state index in [0.29, 0.717) is 24.4 Å². The van der Waals surface area contributed by atoms with E-state index in [0.717, 1.165) is 37.7 Å². The van der Waals surface area contributed by atoms with Gasteiger partial charge in [-0.05, 0) is 49.9 Å². The van der Waals surface area contributed by atoms with E-state index in [1.165, 1.54) is 0 Å². The number of hydrogen-bond donors (Lipinski definition) is 1. The average molecular weight is 372 g/mol. The van der Waals surface area contributed by atoms with Crippen molar-refractivity contribution in [1.82, 2.24) is 14.8 Å². The molecule has 1 aromatic heterocycles. The number of fused-ring (bicyclic) bond motifs is 1. The highest BCUT2D eigenvalue weighted by molar-refractivity contribution is 7.88. The van der Waals surface area contributed by atoms with Crippen LogP contribution in [0.25, 0.3) is 11.0 Å². The Balaban J connectivity index is 0.00000169. The summed E-state index contributed by atoms with van der Waals surface area (Å²) >= 11 is 0. The van der Waals surface area contributed by atoms with Gasteiger partial charge in [-0.3, -0.25) is 0 Å². The highest BCUT2D eigenvalue weighted by Crippen LogP contribution is 2.40. The van der Waals surface area contributed by atoms with E-state index in [2.05, 4.69) is 10.5 Å². The summed E-state index contributed by atoms with van der Waals surface area (Å²) in [6.45, 7) is 3.24. The molecule has 2 saturated heterocycles. The van der Waals surface area contributed by atoms with Gasteiger partial charge in [-0.15, -0.1) is 12.4 Å². The van der Waals surface area contributed by atoms with Crippen molar-refractivity contribution in [2.45, 2.75) is 25.0 Å². The maximum Gasteiger partial charge on any atom is 0.220 e. The molecule has 3 heterocycles. The zero-order chi connectivity index (χ0) is 15.9. The van der Waals surface area contributed by atoms with Crippen LogP contribution in [-0.2, 0) is 15.8 Å². The van der Waals surface area contributed by atoms with Gasteiger partial charge in [0.05, 0.1) is 0 Å². The molecule has 0 atom stereocenters. The SMILES string of the molecule is Cl.O=S(=O)(Cc1noc2ccccc12)N1CCC2(CCNCC2)C1. The Labute approximate surface area is 148 Å². The van der Waals surface area contributed by atoms with Crippen molar-refractivity contribution >= 4 is 33.4 Å². The summed E-state index contributed by atoms with van der Waals surface area (Å²) in [5.41, 5.74) is 1.31. The maximum atomic E-state index is 12.8. The fourth-order valence-corrected chi connectivity index (χ4v) is 5.38. The molecule has 1 aromatic carbocycles. The zero-order valence-corrected chi connectivity index (χ0v) is 15.0. The molecule has 6 nitrogen and oxygen atoms in total. The quantitative estimate of drug-likeness (QED) is 0.894. The number of halogens is 1. The van der Waals surface area contributed by atoms with Gasteiger partial charge in [0.2, 0.25) is 10.0 Å². The van der Waals surface area contributed by atoms with E-state index >= 15 is 0 Å². The highest BCUT2D eigenvalue weighted by Gasteiger charge is 2.43. The lowest BCUT2D eigenvalue weighted by atomic mass is 9.78. The van der Waals surface area contributed by atoms with Crippen LogP contribution < -0.4 is 5.32 Å². The number of nitrogens with zero attached hydrogens (tertiary/aromatic N) is 2. The van der Waals surface area contributed by atoms with Crippen LogP contribution in [0.1, 0.15) is 25.0 Å². The van der Waals surface area contributed by atoms with E-state index in [1.807, 2.05) is 18.2 Å². The van der Waals surface area contributed by atoms with E-state index < -0.39 is 10.0 Å². The van der Waals surface area contributed by atoms with Crippen LogP contribution in [0, 0.1) is 5.41 Å². The molecule has 2 aliphatic heterocycles. The lowest BCUT2D eigenvalue weighted by Gasteiger charge is -2.33. The van der Waals surface area contributed by atoms with Crippen molar-refractivity contribution in [3.05, 3.63) is 30.0 Å². The monoisotopic (exact) mass is 371 g/mol. The third-order valence-corrected chi connectivity index (χ3v) is 6.97.